The third kappa shape index (κ3) is 5.31. The van der Waals surface area contributed by atoms with Crippen molar-refractivity contribution in [3.63, 3.8) is 0 Å². The van der Waals surface area contributed by atoms with Crippen molar-refractivity contribution in [1.29, 1.82) is 0 Å². The molecule has 0 spiro atoms. The Hall–Kier alpha value is -1.41. The fourth-order valence-electron chi connectivity index (χ4n) is 2.77. The summed E-state index contributed by atoms with van der Waals surface area (Å²) in [6.07, 6.45) is 1.47. The zero-order valence-corrected chi connectivity index (χ0v) is 13.8. The lowest BCUT2D eigenvalue weighted by Gasteiger charge is -2.34. The molecule has 1 aromatic rings. The van der Waals surface area contributed by atoms with E-state index < -0.39 is 0 Å². The van der Waals surface area contributed by atoms with Crippen molar-refractivity contribution in [2.45, 2.75) is 20.0 Å². The Kier molecular flexibility index (Phi) is 7.04. The van der Waals surface area contributed by atoms with Crippen LogP contribution in [0.3, 0.4) is 0 Å². The molecule has 0 aromatic carbocycles. The third-order valence-corrected chi connectivity index (χ3v) is 4.21. The van der Waals surface area contributed by atoms with Crippen LogP contribution >= 0.6 is 0 Å². The Balaban J connectivity index is 2.01. The fourth-order valence-corrected chi connectivity index (χ4v) is 2.77. The van der Waals surface area contributed by atoms with Crippen molar-refractivity contribution in [3.05, 3.63) is 28.2 Å². The summed E-state index contributed by atoms with van der Waals surface area (Å²) in [5.41, 5.74) is 0.532. The average molecular weight is 325 g/mol. The maximum atomic E-state index is 11.8. The zero-order chi connectivity index (χ0) is 16.7. The Labute approximate surface area is 136 Å². The van der Waals surface area contributed by atoms with Crippen LogP contribution in [-0.2, 0) is 17.8 Å². The second-order valence-corrected chi connectivity index (χ2v) is 5.75. The summed E-state index contributed by atoms with van der Waals surface area (Å²) in [6, 6.07) is 1.51. The molecular weight excluding hydrogens is 298 g/mol. The predicted molar refractivity (Wildman–Crippen MR) is 87.7 cm³/mol. The summed E-state index contributed by atoms with van der Waals surface area (Å²) in [4.78, 5) is 16.5. The molecule has 0 aliphatic carbocycles. The van der Waals surface area contributed by atoms with E-state index in [2.05, 4.69) is 16.7 Å². The monoisotopic (exact) mass is 325 g/mol. The molecule has 2 rings (SSSR count). The first-order valence-electron chi connectivity index (χ1n) is 8.19. The van der Waals surface area contributed by atoms with Gasteiger partial charge in [-0.1, -0.05) is 6.92 Å². The van der Waals surface area contributed by atoms with Gasteiger partial charge in [0.15, 0.2) is 5.75 Å². The maximum absolute atomic E-state index is 11.8. The maximum Gasteiger partial charge on any atom is 0.223 e. The molecular formula is C16H27N3O4. The minimum atomic E-state index is -0.347. The molecule has 1 aliphatic heterocycles. The van der Waals surface area contributed by atoms with Gasteiger partial charge in [0.05, 0.1) is 26.0 Å². The van der Waals surface area contributed by atoms with Crippen molar-refractivity contribution in [1.82, 2.24) is 14.4 Å². The van der Waals surface area contributed by atoms with Crippen LogP contribution in [0, 0.1) is 0 Å². The summed E-state index contributed by atoms with van der Waals surface area (Å²) in [5, 5.41) is 18.4. The fraction of sp³-hybridized carbons (Fsp3) is 0.688. The Morgan fingerprint density at radius 1 is 1.17 bits per heavy atom. The lowest BCUT2D eigenvalue weighted by atomic mass is 10.2. The number of pyridine rings is 1. The Morgan fingerprint density at radius 3 is 2.52 bits per heavy atom. The Morgan fingerprint density at radius 2 is 1.87 bits per heavy atom. The zero-order valence-electron chi connectivity index (χ0n) is 13.8. The second-order valence-electron chi connectivity index (χ2n) is 5.75. The van der Waals surface area contributed by atoms with Crippen LogP contribution in [0.2, 0.25) is 0 Å². The van der Waals surface area contributed by atoms with E-state index in [0.717, 1.165) is 38.4 Å². The highest BCUT2D eigenvalue weighted by Gasteiger charge is 2.17. The van der Waals surface area contributed by atoms with Gasteiger partial charge in [-0.05, 0) is 6.54 Å². The number of likely N-dealkylation sites (N-methyl/N-ethyl adjacent to an activating group) is 1. The first-order chi connectivity index (χ1) is 11.1. The number of piperazine rings is 1. The number of aliphatic hydroxyl groups is 1. The van der Waals surface area contributed by atoms with Crippen molar-refractivity contribution >= 4 is 0 Å². The standard InChI is InChI=1S/C16H27N3O4/c1-2-17-3-5-18(6-4-17)12-14-11-15(21)16(22)13-19(14)7-9-23-10-8-20/h11,13,20,22H,2-10,12H2,1H3. The van der Waals surface area contributed by atoms with Crippen LogP contribution in [-0.4, -0.2) is 77.1 Å². The number of ether oxygens (including phenoxy) is 1. The molecule has 2 N–H and O–H groups in total. The van der Waals surface area contributed by atoms with Gasteiger partial charge < -0.3 is 24.4 Å². The summed E-state index contributed by atoms with van der Waals surface area (Å²) in [5.74, 6) is -0.244. The molecule has 0 saturated carbocycles. The summed E-state index contributed by atoms with van der Waals surface area (Å²) in [7, 11) is 0. The third-order valence-electron chi connectivity index (χ3n) is 4.21. The molecule has 7 heteroatoms. The van der Waals surface area contributed by atoms with Crippen LogP contribution in [0.4, 0.5) is 0 Å². The second kappa shape index (κ2) is 9.02. The molecule has 23 heavy (non-hydrogen) atoms. The number of hydrogen-bond acceptors (Lipinski definition) is 6. The molecule has 130 valence electrons. The molecule has 0 atom stereocenters. The van der Waals surface area contributed by atoms with Gasteiger partial charge >= 0.3 is 0 Å². The summed E-state index contributed by atoms with van der Waals surface area (Å²) in [6.45, 7) is 9.21. The van der Waals surface area contributed by atoms with Crippen LogP contribution in [0.25, 0.3) is 0 Å². The predicted octanol–water partition coefficient (Wildman–Crippen LogP) is -0.300. The van der Waals surface area contributed by atoms with E-state index >= 15 is 0 Å². The molecule has 1 fully saturated rings. The number of aromatic nitrogens is 1. The van der Waals surface area contributed by atoms with E-state index in [-0.39, 0.29) is 17.8 Å². The number of nitrogens with zero attached hydrogens (tertiary/aromatic N) is 3. The van der Waals surface area contributed by atoms with Gasteiger partial charge in [-0.25, -0.2) is 0 Å². The van der Waals surface area contributed by atoms with Crippen molar-refractivity contribution in [2.75, 3.05) is 52.5 Å². The van der Waals surface area contributed by atoms with E-state index in [1.54, 1.807) is 0 Å². The van der Waals surface area contributed by atoms with Gasteiger partial charge in [0.1, 0.15) is 0 Å². The van der Waals surface area contributed by atoms with Crippen LogP contribution in [0.5, 0.6) is 5.75 Å². The van der Waals surface area contributed by atoms with Gasteiger partial charge in [0.2, 0.25) is 5.43 Å². The van der Waals surface area contributed by atoms with Gasteiger partial charge in [0.25, 0.3) is 0 Å². The molecule has 1 aromatic heterocycles. The van der Waals surface area contributed by atoms with Crippen LogP contribution in [0.15, 0.2) is 17.1 Å². The summed E-state index contributed by atoms with van der Waals surface area (Å²) < 4.78 is 7.14. The summed E-state index contributed by atoms with van der Waals surface area (Å²) >= 11 is 0. The van der Waals surface area contributed by atoms with Gasteiger partial charge in [-0.2, -0.15) is 0 Å². The molecule has 7 nitrogen and oxygen atoms in total. The first-order valence-corrected chi connectivity index (χ1v) is 8.19. The lowest BCUT2D eigenvalue weighted by Crippen LogP contribution is -2.46. The van der Waals surface area contributed by atoms with E-state index in [1.165, 1.54) is 12.3 Å². The topological polar surface area (TPSA) is 78.2 Å². The van der Waals surface area contributed by atoms with Gasteiger partial charge in [0, 0.05) is 51.0 Å². The smallest absolute Gasteiger partial charge is 0.223 e. The largest absolute Gasteiger partial charge is 0.503 e. The average Bonchev–Trinajstić information content (AvgIpc) is 2.56. The van der Waals surface area contributed by atoms with E-state index in [0.29, 0.717) is 26.3 Å². The molecule has 0 amide bonds. The highest BCUT2D eigenvalue weighted by atomic mass is 16.5. The minimum Gasteiger partial charge on any atom is -0.503 e. The highest BCUT2D eigenvalue weighted by molar-refractivity contribution is 5.20. The van der Waals surface area contributed by atoms with Crippen molar-refractivity contribution in [3.8, 4) is 5.75 Å². The number of hydrogen-bond donors (Lipinski definition) is 2. The van der Waals surface area contributed by atoms with Crippen molar-refractivity contribution < 1.29 is 14.9 Å². The molecule has 1 aliphatic rings. The quantitative estimate of drug-likeness (QED) is 0.639. The Bertz CT molecular complexity index is 539. The van der Waals surface area contributed by atoms with E-state index in [9.17, 15) is 9.90 Å². The van der Waals surface area contributed by atoms with Crippen LogP contribution in [0.1, 0.15) is 12.6 Å². The SMILES string of the molecule is CCN1CCN(Cc2cc(=O)c(O)cn2CCOCCO)CC1. The van der Waals surface area contributed by atoms with Crippen LogP contribution < -0.4 is 5.43 Å². The molecule has 0 radical (unpaired) electrons. The van der Waals surface area contributed by atoms with E-state index in [4.69, 9.17) is 9.84 Å². The lowest BCUT2D eigenvalue weighted by molar-refractivity contribution is 0.0853. The number of aliphatic hydroxyl groups excluding tert-OH is 1. The van der Waals surface area contributed by atoms with Gasteiger partial charge in [-0.3, -0.25) is 9.69 Å². The van der Waals surface area contributed by atoms with Gasteiger partial charge in [-0.15, -0.1) is 0 Å². The van der Waals surface area contributed by atoms with Crippen molar-refractivity contribution in [2.24, 2.45) is 0 Å². The number of aromatic hydroxyl groups is 1. The van der Waals surface area contributed by atoms with E-state index in [1.807, 2.05) is 4.57 Å². The molecule has 2 heterocycles. The molecule has 1 saturated heterocycles. The number of rotatable bonds is 8. The highest BCUT2D eigenvalue weighted by Crippen LogP contribution is 2.11. The normalized spacial score (nSPS) is 16.8. The molecule has 0 unspecified atom stereocenters. The minimum absolute atomic E-state index is 0.00994. The molecule has 0 bridgehead atoms. The first kappa shape index (κ1) is 17.9.